The van der Waals surface area contributed by atoms with E-state index in [-0.39, 0.29) is 6.04 Å². The number of benzene rings is 4. The number of nitrogens with one attached hydrogen (secondary N) is 1. The van der Waals surface area contributed by atoms with Crippen LogP contribution in [0.4, 0.5) is 5.82 Å². The molecule has 2 aliphatic rings. The van der Waals surface area contributed by atoms with Crippen LogP contribution >= 0.6 is 0 Å². The fourth-order valence-electron chi connectivity index (χ4n) is 6.23. The molecule has 1 atom stereocenters. The Morgan fingerprint density at radius 3 is 2.68 bits per heavy atom. The van der Waals surface area contributed by atoms with E-state index < -0.39 is 0 Å². The molecule has 3 nitrogen and oxygen atoms in total. The van der Waals surface area contributed by atoms with Gasteiger partial charge in [0.2, 0.25) is 0 Å². The average molecular weight is 434 g/mol. The van der Waals surface area contributed by atoms with Crippen LogP contribution in [0, 0.1) is 0 Å². The highest BCUT2D eigenvalue weighted by atomic mass is 16.3. The molecule has 1 aliphatic carbocycles. The SMILES string of the molecule is C1=CC2=Cc3c(n4c5cc6c(cc5c5cccc3c54)oc3ccc4ccccc4c36)NC2C=C1. The van der Waals surface area contributed by atoms with Crippen LogP contribution in [0.3, 0.4) is 0 Å². The summed E-state index contributed by atoms with van der Waals surface area (Å²) in [4.78, 5) is 0. The molecule has 0 saturated heterocycles. The number of fused-ring (bicyclic) bond motifs is 12. The molecule has 9 rings (SSSR count). The van der Waals surface area contributed by atoms with Crippen molar-refractivity contribution >= 4 is 71.8 Å². The Kier molecular flexibility index (Phi) is 2.86. The molecule has 0 fully saturated rings. The van der Waals surface area contributed by atoms with Crippen molar-refractivity contribution in [3.8, 4) is 0 Å². The first kappa shape index (κ1) is 17.0. The Labute approximate surface area is 194 Å². The maximum absolute atomic E-state index is 6.39. The summed E-state index contributed by atoms with van der Waals surface area (Å²) >= 11 is 0. The molecule has 4 heterocycles. The van der Waals surface area contributed by atoms with E-state index in [0.29, 0.717) is 0 Å². The van der Waals surface area contributed by atoms with E-state index in [0.717, 1.165) is 11.2 Å². The molecular formula is C31H18N2O. The summed E-state index contributed by atoms with van der Waals surface area (Å²) < 4.78 is 8.82. The van der Waals surface area contributed by atoms with Crippen molar-refractivity contribution in [1.82, 2.24) is 4.40 Å². The molecule has 0 spiro atoms. The molecule has 0 bridgehead atoms. The first-order valence-corrected chi connectivity index (χ1v) is 11.7. The molecule has 0 radical (unpaired) electrons. The predicted octanol–water partition coefficient (Wildman–Crippen LogP) is 8.04. The molecule has 7 aromatic rings. The number of furan rings is 1. The highest BCUT2D eigenvalue weighted by Crippen LogP contribution is 2.45. The number of allylic oxidation sites excluding steroid dienone is 2. The second kappa shape index (κ2) is 5.70. The number of nitrogens with zero attached hydrogens (tertiary/aromatic N) is 1. The normalized spacial score (nSPS) is 17.3. The first-order chi connectivity index (χ1) is 16.8. The van der Waals surface area contributed by atoms with Gasteiger partial charge in [-0.25, -0.2) is 0 Å². The molecule has 1 N–H and O–H groups in total. The van der Waals surface area contributed by atoms with E-state index in [2.05, 4.69) is 107 Å². The number of hydrogen-bond donors (Lipinski definition) is 1. The van der Waals surface area contributed by atoms with Crippen LogP contribution in [0.2, 0.25) is 0 Å². The van der Waals surface area contributed by atoms with Gasteiger partial charge in [-0.15, -0.1) is 0 Å². The highest BCUT2D eigenvalue weighted by Gasteiger charge is 2.27. The first-order valence-electron chi connectivity index (χ1n) is 11.7. The fourth-order valence-corrected chi connectivity index (χ4v) is 6.23. The largest absolute Gasteiger partial charge is 0.456 e. The topological polar surface area (TPSA) is 29.6 Å². The zero-order valence-corrected chi connectivity index (χ0v) is 18.2. The number of hydrogen-bond acceptors (Lipinski definition) is 2. The van der Waals surface area contributed by atoms with Crippen molar-refractivity contribution in [2.45, 2.75) is 6.04 Å². The Hall–Kier alpha value is -4.50. The van der Waals surface area contributed by atoms with Crippen LogP contribution in [0.5, 0.6) is 0 Å². The third kappa shape index (κ3) is 1.91. The van der Waals surface area contributed by atoms with E-state index in [1.165, 1.54) is 65.7 Å². The smallest absolute Gasteiger partial charge is 0.136 e. The van der Waals surface area contributed by atoms with Gasteiger partial charge in [-0.3, -0.25) is 4.40 Å². The van der Waals surface area contributed by atoms with Crippen LogP contribution in [-0.2, 0) is 0 Å². The molecule has 1 unspecified atom stereocenters. The minimum absolute atomic E-state index is 0.202. The predicted molar refractivity (Wildman–Crippen MR) is 142 cm³/mol. The van der Waals surface area contributed by atoms with Gasteiger partial charge in [-0.05, 0) is 40.6 Å². The lowest BCUT2D eigenvalue weighted by Crippen LogP contribution is -2.24. The van der Waals surface area contributed by atoms with Gasteiger partial charge in [0.05, 0.1) is 17.1 Å². The van der Waals surface area contributed by atoms with Gasteiger partial charge in [0.1, 0.15) is 17.0 Å². The van der Waals surface area contributed by atoms with Gasteiger partial charge in [0, 0.05) is 32.5 Å². The minimum Gasteiger partial charge on any atom is -0.456 e. The fraction of sp³-hybridized carbons (Fsp3) is 0.0323. The monoisotopic (exact) mass is 434 g/mol. The lowest BCUT2D eigenvalue weighted by molar-refractivity contribution is 0.670. The van der Waals surface area contributed by atoms with Crippen LogP contribution in [0.15, 0.2) is 101 Å². The Morgan fingerprint density at radius 1 is 0.765 bits per heavy atom. The summed E-state index contributed by atoms with van der Waals surface area (Å²) in [6.45, 7) is 0. The van der Waals surface area contributed by atoms with Crippen molar-refractivity contribution in [2.24, 2.45) is 0 Å². The molecular weight excluding hydrogens is 416 g/mol. The van der Waals surface area contributed by atoms with E-state index in [9.17, 15) is 0 Å². The van der Waals surface area contributed by atoms with E-state index >= 15 is 0 Å². The summed E-state index contributed by atoms with van der Waals surface area (Å²) in [6, 6.07) is 24.2. The van der Waals surface area contributed by atoms with Crippen LogP contribution in [0.25, 0.3) is 66.0 Å². The molecule has 3 heteroatoms. The lowest BCUT2D eigenvalue weighted by atomic mass is 9.95. The van der Waals surface area contributed by atoms with Crippen molar-refractivity contribution in [3.63, 3.8) is 0 Å². The molecule has 34 heavy (non-hydrogen) atoms. The second-order valence-electron chi connectivity index (χ2n) is 9.44. The zero-order chi connectivity index (χ0) is 22.0. The number of rotatable bonds is 0. The standard InChI is InChI=1S/C31H18N2O/c1-3-8-19-17(6-1)12-13-27-29(19)24-15-26-22(16-28(24)34-27)20-9-5-10-21-23-14-18-7-2-4-11-25(18)32-31(23)33(26)30(20)21/h1-16,25,32H. The molecule has 158 valence electrons. The van der Waals surface area contributed by atoms with E-state index in [4.69, 9.17) is 4.42 Å². The zero-order valence-electron chi connectivity index (χ0n) is 18.2. The number of para-hydroxylation sites is 1. The highest BCUT2D eigenvalue weighted by molar-refractivity contribution is 6.25. The van der Waals surface area contributed by atoms with Gasteiger partial charge < -0.3 is 9.73 Å². The van der Waals surface area contributed by atoms with Gasteiger partial charge in [-0.1, -0.05) is 72.8 Å². The summed E-state index contributed by atoms with van der Waals surface area (Å²) in [5.41, 5.74) is 6.96. The quantitative estimate of drug-likeness (QED) is 0.262. The summed E-state index contributed by atoms with van der Waals surface area (Å²) in [5.74, 6) is 1.17. The summed E-state index contributed by atoms with van der Waals surface area (Å²) in [5, 5.41) is 12.4. The summed E-state index contributed by atoms with van der Waals surface area (Å²) in [6.07, 6.45) is 11.0. The summed E-state index contributed by atoms with van der Waals surface area (Å²) in [7, 11) is 0. The second-order valence-corrected chi connectivity index (χ2v) is 9.44. The molecule has 0 saturated carbocycles. The van der Waals surface area contributed by atoms with Crippen molar-refractivity contribution in [3.05, 3.63) is 102 Å². The number of aromatic nitrogens is 1. The molecule has 4 aromatic carbocycles. The third-order valence-corrected chi connectivity index (χ3v) is 7.70. The maximum atomic E-state index is 6.39. The lowest BCUT2D eigenvalue weighted by Gasteiger charge is -2.24. The van der Waals surface area contributed by atoms with Crippen LogP contribution < -0.4 is 5.32 Å². The van der Waals surface area contributed by atoms with E-state index in [1.807, 2.05) is 0 Å². The number of anilines is 1. The molecule has 0 amide bonds. The van der Waals surface area contributed by atoms with Crippen molar-refractivity contribution < 1.29 is 4.42 Å². The van der Waals surface area contributed by atoms with Gasteiger partial charge in [-0.2, -0.15) is 0 Å². The van der Waals surface area contributed by atoms with Gasteiger partial charge in [0.15, 0.2) is 0 Å². The molecule has 1 aliphatic heterocycles. The Bertz CT molecular complexity index is 2100. The van der Waals surface area contributed by atoms with Crippen LogP contribution in [-0.4, -0.2) is 10.4 Å². The van der Waals surface area contributed by atoms with Crippen molar-refractivity contribution in [1.29, 1.82) is 0 Å². The minimum atomic E-state index is 0.202. The molecule has 3 aromatic heterocycles. The van der Waals surface area contributed by atoms with Gasteiger partial charge >= 0.3 is 0 Å². The Balaban J connectivity index is 1.48. The Morgan fingerprint density at radius 2 is 1.68 bits per heavy atom. The van der Waals surface area contributed by atoms with Gasteiger partial charge in [0.25, 0.3) is 0 Å². The van der Waals surface area contributed by atoms with Crippen molar-refractivity contribution in [2.75, 3.05) is 5.32 Å². The maximum Gasteiger partial charge on any atom is 0.136 e. The van der Waals surface area contributed by atoms with E-state index in [1.54, 1.807) is 0 Å². The average Bonchev–Trinajstić information content (AvgIpc) is 3.52. The third-order valence-electron chi connectivity index (χ3n) is 7.70. The van der Waals surface area contributed by atoms with Crippen LogP contribution in [0.1, 0.15) is 5.56 Å².